The molecule has 0 radical (unpaired) electrons. The van der Waals surface area contributed by atoms with E-state index in [1.807, 2.05) is 6.07 Å². The molecule has 0 aliphatic carbocycles. The summed E-state index contributed by atoms with van der Waals surface area (Å²) in [6, 6.07) is 8.14. The highest BCUT2D eigenvalue weighted by molar-refractivity contribution is 8.00. The second kappa shape index (κ2) is 6.60. The molecular weight excluding hydrogens is 348 g/mol. The van der Waals surface area contributed by atoms with Crippen LogP contribution in [0.5, 0.6) is 0 Å². The lowest BCUT2D eigenvalue weighted by atomic mass is 10.0. The van der Waals surface area contributed by atoms with E-state index in [1.165, 1.54) is 0 Å². The Morgan fingerprint density at radius 3 is 2.44 bits per heavy atom. The fraction of sp³-hybridized carbons (Fsp3) is 0.250. The van der Waals surface area contributed by atoms with Gasteiger partial charge in [0.1, 0.15) is 17.1 Å². The van der Waals surface area contributed by atoms with Crippen molar-refractivity contribution in [1.82, 2.24) is 10.2 Å². The van der Waals surface area contributed by atoms with E-state index in [-0.39, 0.29) is 23.7 Å². The molecule has 25 heavy (non-hydrogen) atoms. The number of nitrogens with one attached hydrogen (secondary N) is 1. The Balaban J connectivity index is 1.72. The molecule has 9 heteroatoms. The molecule has 3 rings (SSSR count). The van der Waals surface area contributed by atoms with Crippen LogP contribution in [-0.2, 0) is 25.6 Å². The molecule has 130 valence electrons. The molecule has 0 aromatic heterocycles. The summed E-state index contributed by atoms with van der Waals surface area (Å²) < 4.78 is 0. The van der Waals surface area contributed by atoms with Gasteiger partial charge in [-0.25, -0.2) is 9.59 Å². The fourth-order valence-electron chi connectivity index (χ4n) is 2.79. The number of hydrogen-bond donors (Lipinski definition) is 3. The van der Waals surface area contributed by atoms with Crippen molar-refractivity contribution in [1.29, 1.82) is 0 Å². The van der Waals surface area contributed by atoms with E-state index >= 15 is 0 Å². The van der Waals surface area contributed by atoms with Gasteiger partial charge in [-0.05, 0) is 5.56 Å². The lowest BCUT2D eigenvalue weighted by molar-refractivity contribution is -0.151. The molecule has 1 aromatic rings. The third-order valence-electron chi connectivity index (χ3n) is 3.95. The molecular formula is C16H14N2O6S. The first kappa shape index (κ1) is 17.0. The molecule has 8 nitrogen and oxygen atoms in total. The van der Waals surface area contributed by atoms with E-state index in [0.717, 1.165) is 22.2 Å². The summed E-state index contributed by atoms with van der Waals surface area (Å²) in [5.74, 6) is -3.85. The zero-order valence-electron chi connectivity index (χ0n) is 12.8. The number of aliphatic carboxylic acids is 2. The normalized spacial score (nSPS) is 22.1. The van der Waals surface area contributed by atoms with Gasteiger partial charge < -0.3 is 15.5 Å². The third-order valence-corrected chi connectivity index (χ3v) is 5.23. The standard InChI is InChI=1S/C16H14N2O6S/c19-10(6-8-4-2-1-3-5-8)17-11-13(20)18-12(16(23)24)9(15(21)22)7-25-14(11)18/h1-5,11,14H,6-7H2,(H,17,19)(H,21,22)(H,23,24)/t11?,14-/m1/s1. The summed E-state index contributed by atoms with van der Waals surface area (Å²) in [5.41, 5.74) is -0.0508. The summed E-state index contributed by atoms with van der Waals surface area (Å²) in [6.07, 6.45) is 0.101. The first-order valence-electron chi connectivity index (χ1n) is 7.38. The minimum absolute atomic E-state index is 0.0452. The van der Waals surface area contributed by atoms with E-state index in [9.17, 15) is 24.3 Å². The number of nitrogens with zero attached hydrogens (tertiary/aromatic N) is 1. The highest BCUT2D eigenvalue weighted by atomic mass is 32.2. The first-order valence-corrected chi connectivity index (χ1v) is 8.42. The molecule has 1 aromatic carbocycles. The number of hydrogen-bond acceptors (Lipinski definition) is 5. The third kappa shape index (κ3) is 3.10. The van der Waals surface area contributed by atoms with E-state index in [4.69, 9.17) is 5.11 Å². The monoisotopic (exact) mass is 362 g/mol. The van der Waals surface area contributed by atoms with Gasteiger partial charge in [-0.1, -0.05) is 30.3 Å². The van der Waals surface area contributed by atoms with E-state index in [0.29, 0.717) is 0 Å². The summed E-state index contributed by atoms with van der Waals surface area (Å²) in [4.78, 5) is 47.9. The van der Waals surface area contributed by atoms with E-state index < -0.39 is 35.0 Å². The van der Waals surface area contributed by atoms with Gasteiger partial charge in [0.2, 0.25) is 5.91 Å². The Bertz CT molecular complexity index is 791. The number of carbonyl (C=O) groups is 4. The van der Waals surface area contributed by atoms with Crippen LogP contribution >= 0.6 is 11.8 Å². The maximum Gasteiger partial charge on any atom is 0.353 e. The second-order valence-corrected chi connectivity index (χ2v) is 6.66. The van der Waals surface area contributed by atoms with Gasteiger partial charge in [0.15, 0.2) is 0 Å². The number of carboxylic acids is 2. The van der Waals surface area contributed by atoms with Crippen molar-refractivity contribution in [2.45, 2.75) is 17.8 Å². The van der Waals surface area contributed by atoms with Crippen LogP contribution in [0.3, 0.4) is 0 Å². The molecule has 0 bridgehead atoms. The number of thioether (sulfide) groups is 1. The minimum atomic E-state index is -1.47. The molecule has 2 atom stereocenters. The van der Waals surface area contributed by atoms with Crippen molar-refractivity contribution in [3.63, 3.8) is 0 Å². The van der Waals surface area contributed by atoms with Crippen molar-refractivity contribution in [3.05, 3.63) is 47.2 Å². The molecule has 3 N–H and O–H groups in total. The quantitative estimate of drug-likeness (QED) is 0.632. The number of carbonyl (C=O) groups excluding carboxylic acids is 2. The summed E-state index contributed by atoms with van der Waals surface area (Å²) >= 11 is 1.12. The molecule has 2 heterocycles. The molecule has 0 spiro atoms. The van der Waals surface area contributed by atoms with Gasteiger partial charge in [-0.2, -0.15) is 0 Å². The number of carboxylic acid groups (broad SMARTS) is 2. The second-order valence-electron chi connectivity index (χ2n) is 5.55. The van der Waals surface area contributed by atoms with E-state index in [2.05, 4.69) is 5.32 Å². The number of fused-ring (bicyclic) bond motifs is 1. The molecule has 0 saturated carbocycles. The maximum atomic E-state index is 12.3. The van der Waals surface area contributed by atoms with Crippen LogP contribution in [0.4, 0.5) is 0 Å². The Morgan fingerprint density at radius 1 is 1.16 bits per heavy atom. The number of β-lactam (4-membered cyclic amide) rings is 1. The van der Waals surface area contributed by atoms with Gasteiger partial charge in [0.25, 0.3) is 5.91 Å². The van der Waals surface area contributed by atoms with Crippen LogP contribution in [0.15, 0.2) is 41.6 Å². The number of amides is 2. The summed E-state index contributed by atoms with van der Waals surface area (Å²) in [6.45, 7) is 0. The van der Waals surface area contributed by atoms with Gasteiger partial charge in [-0.15, -0.1) is 11.8 Å². The summed E-state index contributed by atoms with van der Waals surface area (Å²) in [7, 11) is 0. The Hall–Kier alpha value is -2.81. The smallest absolute Gasteiger partial charge is 0.353 e. The molecule has 1 saturated heterocycles. The van der Waals surface area contributed by atoms with Crippen LogP contribution < -0.4 is 5.32 Å². The highest BCUT2D eigenvalue weighted by Gasteiger charge is 2.54. The average molecular weight is 362 g/mol. The van der Waals surface area contributed by atoms with Crippen molar-refractivity contribution < 1.29 is 29.4 Å². The lowest BCUT2D eigenvalue weighted by Gasteiger charge is -2.49. The Labute approximate surface area is 146 Å². The maximum absolute atomic E-state index is 12.3. The predicted octanol–water partition coefficient (Wildman–Crippen LogP) is 0.0523. The molecule has 2 aliphatic heterocycles. The highest BCUT2D eigenvalue weighted by Crippen LogP contribution is 2.40. The molecule has 2 aliphatic rings. The van der Waals surface area contributed by atoms with Gasteiger partial charge in [-0.3, -0.25) is 14.5 Å². The van der Waals surface area contributed by atoms with Crippen LogP contribution in [-0.4, -0.2) is 56.0 Å². The molecule has 2 amide bonds. The number of rotatable bonds is 5. The van der Waals surface area contributed by atoms with Crippen molar-refractivity contribution in [2.75, 3.05) is 5.75 Å². The van der Waals surface area contributed by atoms with Gasteiger partial charge in [0, 0.05) is 5.75 Å². The minimum Gasteiger partial charge on any atom is -0.478 e. The van der Waals surface area contributed by atoms with Crippen LogP contribution in [0.1, 0.15) is 5.56 Å². The predicted molar refractivity (Wildman–Crippen MR) is 87.5 cm³/mol. The largest absolute Gasteiger partial charge is 0.478 e. The average Bonchev–Trinajstić information content (AvgIpc) is 2.58. The van der Waals surface area contributed by atoms with Crippen LogP contribution in [0, 0.1) is 0 Å². The molecule has 1 fully saturated rings. The SMILES string of the molecule is O=C(Cc1ccccc1)NC1C(=O)N2C(C(=O)O)=C(C(=O)O)CS[C@H]12. The first-order chi connectivity index (χ1) is 11.9. The van der Waals surface area contributed by atoms with Gasteiger partial charge in [0.05, 0.1) is 12.0 Å². The topological polar surface area (TPSA) is 124 Å². The number of benzene rings is 1. The zero-order chi connectivity index (χ0) is 18.1. The molecule has 1 unspecified atom stereocenters. The van der Waals surface area contributed by atoms with Crippen LogP contribution in [0.25, 0.3) is 0 Å². The van der Waals surface area contributed by atoms with Crippen molar-refractivity contribution in [2.24, 2.45) is 0 Å². The van der Waals surface area contributed by atoms with Crippen LogP contribution in [0.2, 0.25) is 0 Å². The lowest BCUT2D eigenvalue weighted by Crippen LogP contribution is -2.70. The zero-order valence-corrected chi connectivity index (χ0v) is 13.7. The Morgan fingerprint density at radius 2 is 1.84 bits per heavy atom. The Kier molecular flexibility index (Phi) is 4.49. The van der Waals surface area contributed by atoms with E-state index in [1.54, 1.807) is 24.3 Å². The summed E-state index contributed by atoms with van der Waals surface area (Å²) in [5, 5.41) is 20.3. The fourth-order valence-corrected chi connectivity index (χ4v) is 4.12. The van der Waals surface area contributed by atoms with Crippen molar-refractivity contribution >= 4 is 35.5 Å². The van der Waals surface area contributed by atoms with Crippen molar-refractivity contribution in [3.8, 4) is 0 Å². The van der Waals surface area contributed by atoms with Gasteiger partial charge >= 0.3 is 11.9 Å².